The molecule has 0 spiro atoms. The predicted molar refractivity (Wildman–Crippen MR) is 262 cm³/mol. The zero-order valence-corrected chi connectivity index (χ0v) is 40.7. The van der Waals surface area contributed by atoms with Crippen molar-refractivity contribution in [2.24, 2.45) is 5.92 Å². The Labute approximate surface area is 400 Å². The van der Waals surface area contributed by atoms with Crippen LogP contribution in [0.2, 0.25) is 0 Å². The molecular weight excluding hydrogens is 939 g/mol. The van der Waals surface area contributed by atoms with Crippen LogP contribution in [-0.4, -0.2) is 142 Å². The third kappa shape index (κ3) is 9.26. The van der Waals surface area contributed by atoms with E-state index in [4.69, 9.17) is 9.72 Å². The van der Waals surface area contributed by atoms with E-state index in [1.54, 1.807) is 18.2 Å². The van der Waals surface area contributed by atoms with Crippen molar-refractivity contribution in [3.63, 3.8) is 0 Å². The first kappa shape index (κ1) is 45.3. The number of nitrogens with zero attached hydrogens (tertiary/aromatic N) is 8. The first-order valence-electron chi connectivity index (χ1n) is 23.4. The third-order valence-corrected chi connectivity index (χ3v) is 16.3. The minimum atomic E-state index is -3.44. The summed E-state index contributed by atoms with van der Waals surface area (Å²) in [4.78, 5) is 58.6. The van der Waals surface area contributed by atoms with E-state index in [2.05, 4.69) is 81.6 Å². The minimum Gasteiger partial charge on any atom is -0.494 e. The highest BCUT2D eigenvalue weighted by molar-refractivity contribution is 9.10. The molecule has 0 aliphatic carbocycles. The molecule has 7 heterocycles. The largest absolute Gasteiger partial charge is 0.494 e. The van der Waals surface area contributed by atoms with Crippen LogP contribution >= 0.6 is 15.9 Å². The number of hydrogen-bond donors (Lipinski definition) is 3. The number of benzene rings is 3. The molecule has 4 aromatic rings. The van der Waals surface area contributed by atoms with E-state index in [1.807, 2.05) is 30.3 Å². The fourth-order valence-corrected chi connectivity index (χ4v) is 12.3. The molecule has 0 radical (unpaired) electrons. The van der Waals surface area contributed by atoms with Crippen LogP contribution in [0.15, 0.2) is 59.2 Å². The van der Waals surface area contributed by atoms with Gasteiger partial charge >= 0.3 is 0 Å². The number of halogens is 1. The lowest BCUT2D eigenvalue weighted by molar-refractivity contribution is -0.136. The summed E-state index contributed by atoms with van der Waals surface area (Å²) in [5, 5.41) is 9.10. The van der Waals surface area contributed by atoms with Gasteiger partial charge in [0.1, 0.15) is 17.6 Å². The van der Waals surface area contributed by atoms with Gasteiger partial charge in [-0.3, -0.25) is 28.9 Å². The molecule has 6 aliphatic heterocycles. The lowest BCUT2D eigenvalue weighted by Gasteiger charge is -2.44. The number of piperazine rings is 1. The average molecular weight is 997 g/mol. The molecule has 6 aliphatic rings. The maximum Gasteiger partial charge on any atom is 0.255 e. The molecule has 354 valence electrons. The van der Waals surface area contributed by atoms with Crippen molar-refractivity contribution in [2.45, 2.75) is 64.1 Å². The molecule has 0 bridgehead atoms. The lowest BCUT2D eigenvalue weighted by atomic mass is 10.00. The van der Waals surface area contributed by atoms with Gasteiger partial charge in [0.05, 0.1) is 34.9 Å². The van der Waals surface area contributed by atoms with Gasteiger partial charge in [0.2, 0.25) is 27.8 Å². The van der Waals surface area contributed by atoms with Crippen LogP contribution in [0.25, 0.3) is 0 Å². The molecule has 4 fully saturated rings. The van der Waals surface area contributed by atoms with Crippen molar-refractivity contribution in [3.05, 3.63) is 81.5 Å². The van der Waals surface area contributed by atoms with Gasteiger partial charge in [0, 0.05) is 114 Å². The topological polar surface area (TPSA) is 176 Å². The highest BCUT2D eigenvalue weighted by Crippen LogP contribution is 2.41. The lowest BCUT2D eigenvalue weighted by Crippen LogP contribution is -2.54. The summed E-state index contributed by atoms with van der Waals surface area (Å²) in [7, 11) is -1.77. The number of fused-ring (bicyclic) bond motifs is 2. The Bertz CT molecular complexity index is 2710. The number of aromatic nitrogens is 2. The van der Waals surface area contributed by atoms with Gasteiger partial charge in [-0.15, -0.1) is 0 Å². The number of amides is 3. The van der Waals surface area contributed by atoms with E-state index in [1.165, 1.54) is 10.6 Å². The third-order valence-electron chi connectivity index (χ3n) is 14.5. The van der Waals surface area contributed by atoms with Crippen LogP contribution in [0.3, 0.4) is 0 Å². The number of methoxy groups -OCH3 is 1. The van der Waals surface area contributed by atoms with Crippen LogP contribution in [-0.2, 0) is 32.6 Å². The Hall–Kier alpha value is -5.50. The van der Waals surface area contributed by atoms with Gasteiger partial charge in [-0.1, -0.05) is 12.1 Å². The number of rotatable bonds is 12. The Balaban J connectivity index is 0.701. The summed E-state index contributed by atoms with van der Waals surface area (Å²) in [6.07, 6.45) is 7.51. The Morgan fingerprint density at radius 1 is 0.866 bits per heavy atom. The van der Waals surface area contributed by atoms with Crippen LogP contribution in [0, 0.1) is 12.8 Å². The van der Waals surface area contributed by atoms with Gasteiger partial charge in [-0.25, -0.2) is 13.4 Å². The van der Waals surface area contributed by atoms with Crippen LogP contribution in [0.1, 0.15) is 59.2 Å². The monoisotopic (exact) mass is 995 g/mol. The van der Waals surface area contributed by atoms with Crippen molar-refractivity contribution in [1.29, 1.82) is 0 Å². The number of piperidine rings is 2. The highest BCUT2D eigenvalue weighted by atomic mass is 79.9. The van der Waals surface area contributed by atoms with Crippen LogP contribution in [0.5, 0.6) is 5.75 Å². The summed E-state index contributed by atoms with van der Waals surface area (Å²) in [6, 6.07) is 16.0. The maximum atomic E-state index is 13.2. The molecule has 0 saturated carbocycles. The first-order chi connectivity index (χ1) is 32.3. The highest BCUT2D eigenvalue weighted by Gasteiger charge is 2.40. The van der Waals surface area contributed by atoms with Crippen molar-refractivity contribution < 1.29 is 27.5 Å². The van der Waals surface area contributed by atoms with E-state index in [9.17, 15) is 22.8 Å². The number of hydrogen-bond acceptors (Lipinski definition) is 14. The second kappa shape index (κ2) is 18.5. The van der Waals surface area contributed by atoms with Crippen molar-refractivity contribution in [3.8, 4) is 5.75 Å². The van der Waals surface area contributed by atoms with E-state index < -0.39 is 16.1 Å². The second-order valence-electron chi connectivity index (χ2n) is 18.8. The summed E-state index contributed by atoms with van der Waals surface area (Å²) in [6.45, 7) is 12.3. The number of carbonyl (C=O) groups is 3. The minimum absolute atomic E-state index is 0.130. The maximum absolute atomic E-state index is 13.2. The summed E-state index contributed by atoms with van der Waals surface area (Å²) < 4.78 is 33.2. The number of sulfonamides is 1. The number of imide groups is 1. The standard InChI is InChI=1S/C48H58BrN11O6S/c1-30-23-39(52-48-50-26-37(49)45(54-48)51-38-6-4-5-32-12-18-60(44(32)38)67(3,64)65)42(66-2)25-41(30)57-16-13-34(14-17-57)56-21-19-55(20-22-56)27-31-11-15-58(28-31)35-7-8-36-33(24-35)29-59(47(36)63)40-9-10-43(61)53-46(40)62/h4-8,23-26,31,34,40H,9-22,27-29H2,1-3H3,(H,53,61,62)(H2,50,51,52,54)/t31-,40?/m0/s1. The van der Waals surface area contributed by atoms with Crippen LogP contribution in [0.4, 0.5) is 40.2 Å². The smallest absolute Gasteiger partial charge is 0.255 e. The van der Waals surface area contributed by atoms with Crippen molar-refractivity contribution >= 4 is 83.9 Å². The van der Waals surface area contributed by atoms with Gasteiger partial charge in [-0.05, 0) is 108 Å². The molecule has 10 rings (SSSR count). The number of ether oxygens (including phenoxy) is 1. The molecule has 3 amide bonds. The summed E-state index contributed by atoms with van der Waals surface area (Å²) in [5.41, 5.74) is 8.04. The first-order valence-corrected chi connectivity index (χ1v) is 26.0. The summed E-state index contributed by atoms with van der Waals surface area (Å²) in [5.74, 6) is 1.36. The number of anilines is 7. The normalized spacial score (nSPS) is 21.8. The Morgan fingerprint density at radius 3 is 2.42 bits per heavy atom. The fraction of sp³-hybridized carbons (Fsp3) is 0.479. The van der Waals surface area contributed by atoms with Crippen molar-refractivity contribution in [2.75, 3.05) is 104 Å². The molecule has 1 unspecified atom stereocenters. The van der Waals surface area contributed by atoms with Crippen molar-refractivity contribution in [1.82, 2.24) is 30.0 Å². The van der Waals surface area contributed by atoms with E-state index in [-0.39, 0.29) is 24.1 Å². The van der Waals surface area contributed by atoms with Gasteiger partial charge in [-0.2, -0.15) is 4.98 Å². The zero-order chi connectivity index (χ0) is 46.6. The number of nitrogens with one attached hydrogen (secondary N) is 3. The number of para-hydroxylation sites is 1. The molecule has 1 aromatic heterocycles. The molecule has 3 N–H and O–H groups in total. The Morgan fingerprint density at radius 2 is 1.66 bits per heavy atom. The molecule has 17 nitrogen and oxygen atoms in total. The SMILES string of the molecule is COc1cc(N2CCC(N3CCN(C[C@@H]4CCN(c5ccc6c(c5)CN(C5CCC(=O)NC5=O)C6=O)C4)CC3)CC2)c(C)cc1Nc1ncc(Br)c(Nc2cccc3c2N(S(C)(=O)=O)CC3)n1. The number of aryl methyl sites for hydroxylation is 1. The van der Waals surface area contributed by atoms with E-state index in [0.29, 0.717) is 76.8 Å². The quantitative estimate of drug-likeness (QED) is 0.157. The molecule has 2 atom stereocenters. The second-order valence-corrected chi connectivity index (χ2v) is 21.5. The van der Waals surface area contributed by atoms with Gasteiger partial charge in [0.15, 0.2) is 0 Å². The van der Waals surface area contributed by atoms with Gasteiger partial charge in [0.25, 0.3) is 5.91 Å². The zero-order valence-electron chi connectivity index (χ0n) is 38.3. The molecule has 67 heavy (non-hydrogen) atoms. The van der Waals surface area contributed by atoms with E-state index >= 15 is 0 Å². The molecule has 3 aromatic carbocycles. The number of carbonyl (C=O) groups excluding carboxylic acids is 3. The van der Waals surface area contributed by atoms with E-state index in [0.717, 1.165) is 112 Å². The predicted octanol–water partition coefficient (Wildman–Crippen LogP) is 5.24. The molecule has 19 heteroatoms. The average Bonchev–Trinajstić information content (AvgIpc) is 4.06. The molecular formula is C48H58BrN11O6S. The van der Waals surface area contributed by atoms with Crippen LogP contribution < -0.4 is 34.8 Å². The summed E-state index contributed by atoms with van der Waals surface area (Å²) >= 11 is 3.57. The van der Waals surface area contributed by atoms with Gasteiger partial charge < -0.3 is 35.0 Å². The molecule has 4 saturated heterocycles. The Kier molecular flexibility index (Phi) is 12.5. The fourth-order valence-electron chi connectivity index (χ4n) is 11.0.